The van der Waals surface area contributed by atoms with Crippen molar-refractivity contribution in [3.05, 3.63) is 122 Å². The molecule has 0 fully saturated rings. The Kier molecular flexibility index (Phi) is 17.3. The predicted octanol–water partition coefficient (Wildman–Crippen LogP) is 8.57. The van der Waals surface area contributed by atoms with Gasteiger partial charge in [-0.2, -0.15) is 0 Å². The minimum Gasteiger partial charge on any atom is -0.252 e. The van der Waals surface area contributed by atoms with Crippen LogP contribution in [0.15, 0.2) is 110 Å². The standard InChI is InChI=1S/C50H70N10/c1-3-7-11-15-29-55-33-19-45(20-34-55)46-21-35-56(36-22-46)30-16-12-8-4-2-6-10-14-18-32-60-44-50(52-54-60)28-42-58-39-25-48(26-40-58)47-23-37-57(38-24-47)41-27-49-43-59(53-51-49)31-17-13-9-5-1/h19-26,33-40,43-44H,1-18,27-32,41-42H2/q+4. The van der Waals surface area contributed by atoms with E-state index in [-0.39, 0.29) is 0 Å². The molecule has 6 aromatic rings. The maximum atomic E-state index is 4.46. The highest BCUT2D eigenvalue weighted by molar-refractivity contribution is 5.61. The van der Waals surface area contributed by atoms with E-state index < -0.39 is 0 Å². The van der Waals surface area contributed by atoms with E-state index in [9.17, 15) is 0 Å². The summed E-state index contributed by atoms with van der Waals surface area (Å²) in [6.07, 6.45) is 47.1. The molecule has 10 heteroatoms. The van der Waals surface area contributed by atoms with E-state index >= 15 is 0 Å². The fraction of sp³-hybridized carbons (Fsp3) is 0.520. The van der Waals surface area contributed by atoms with Crippen LogP contribution in [-0.4, -0.2) is 30.0 Å². The highest BCUT2D eigenvalue weighted by Gasteiger charge is 2.11. The Bertz CT molecular complexity index is 1920. The number of nitrogens with zero attached hydrogens (tertiary/aromatic N) is 10. The van der Waals surface area contributed by atoms with Crippen LogP contribution in [0.5, 0.6) is 0 Å². The lowest BCUT2D eigenvalue weighted by molar-refractivity contribution is -0.697. The fourth-order valence-electron chi connectivity index (χ4n) is 8.42. The summed E-state index contributed by atoms with van der Waals surface area (Å²) in [5, 5.41) is 17.7. The molecule has 12 bridgehead atoms. The summed E-state index contributed by atoms with van der Waals surface area (Å²) in [5.74, 6) is 0. The van der Waals surface area contributed by atoms with Gasteiger partial charge in [0.05, 0.1) is 24.2 Å². The topological polar surface area (TPSA) is 76.9 Å². The maximum absolute atomic E-state index is 4.46. The first-order valence-electron chi connectivity index (χ1n) is 23.5. The second-order valence-electron chi connectivity index (χ2n) is 17.1. The summed E-state index contributed by atoms with van der Waals surface area (Å²) in [6.45, 7) is 5.89. The predicted molar refractivity (Wildman–Crippen MR) is 235 cm³/mol. The fourth-order valence-corrected chi connectivity index (χ4v) is 8.42. The van der Waals surface area contributed by atoms with Crippen LogP contribution in [0.4, 0.5) is 0 Å². The SMILES string of the molecule is c1c[n+]2ccc1-c1cc[n+](cc1)CCCCCCCCCCCn1cc(nn1)CC[n+]1ccc(cc1)-c1cc[n+](cc1)CCc1cn(nn1)CCCCCCCCCCC2. The zero-order chi connectivity index (χ0) is 40.9. The Morgan fingerprint density at radius 2 is 0.583 bits per heavy atom. The molecule has 0 radical (unpaired) electrons. The summed E-state index contributed by atoms with van der Waals surface area (Å²) in [4.78, 5) is 0. The molecule has 0 aliphatic carbocycles. The third-order valence-electron chi connectivity index (χ3n) is 12.3. The van der Waals surface area contributed by atoms with Crippen LogP contribution in [0.2, 0.25) is 0 Å². The monoisotopic (exact) mass is 811 g/mol. The number of aryl methyl sites for hydroxylation is 8. The first-order chi connectivity index (χ1) is 29.7. The molecule has 0 unspecified atom stereocenters. The van der Waals surface area contributed by atoms with Crippen molar-refractivity contribution >= 4 is 0 Å². The third-order valence-corrected chi connectivity index (χ3v) is 12.3. The van der Waals surface area contributed by atoms with Gasteiger partial charge < -0.3 is 0 Å². The van der Waals surface area contributed by atoms with Gasteiger partial charge >= 0.3 is 0 Å². The molecular formula is C50H70N10+4. The molecule has 0 amide bonds. The largest absolute Gasteiger partial charge is 0.252 e. The molecule has 0 atom stereocenters. The van der Waals surface area contributed by atoms with Crippen molar-refractivity contribution in [1.82, 2.24) is 30.0 Å². The number of hydrogen-bond donors (Lipinski definition) is 0. The molecule has 10 aliphatic rings. The van der Waals surface area contributed by atoms with Crippen LogP contribution in [0.25, 0.3) is 22.3 Å². The second-order valence-corrected chi connectivity index (χ2v) is 17.1. The molecular weight excluding hydrogens is 741 g/mol. The van der Waals surface area contributed by atoms with E-state index in [1.165, 1.54) is 138 Å². The maximum Gasteiger partial charge on any atom is 0.169 e. The van der Waals surface area contributed by atoms with Gasteiger partial charge in [-0.15, -0.1) is 10.2 Å². The lowest BCUT2D eigenvalue weighted by Gasteiger charge is -2.04. The van der Waals surface area contributed by atoms with Gasteiger partial charge in [0, 0.05) is 86.9 Å². The van der Waals surface area contributed by atoms with E-state index in [0.717, 1.165) is 63.5 Å². The summed E-state index contributed by atoms with van der Waals surface area (Å²) < 4.78 is 13.2. The Balaban J connectivity index is 0.851. The molecule has 10 nitrogen and oxygen atoms in total. The highest BCUT2D eigenvalue weighted by atomic mass is 15.4. The molecule has 0 N–H and O–H groups in total. The van der Waals surface area contributed by atoms with Crippen molar-refractivity contribution in [3.8, 4) is 22.3 Å². The normalized spacial score (nSPS) is 16.9. The van der Waals surface area contributed by atoms with Crippen LogP contribution in [-0.2, 0) is 52.1 Å². The quantitative estimate of drug-likeness (QED) is 0.144. The highest BCUT2D eigenvalue weighted by Crippen LogP contribution is 2.18. The van der Waals surface area contributed by atoms with Gasteiger partial charge in [0.2, 0.25) is 0 Å². The average molecular weight is 811 g/mol. The van der Waals surface area contributed by atoms with Gasteiger partial charge in [-0.1, -0.05) is 87.5 Å². The molecule has 0 saturated heterocycles. The third kappa shape index (κ3) is 14.6. The van der Waals surface area contributed by atoms with Crippen molar-refractivity contribution in [2.45, 2.75) is 168 Å². The van der Waals surface area contributed by atoms with Crippen LogP contribution in [0.3, 0.4) is 0 Å². The second kappa shape index (κ2) is 24.2. The molecule has 10 aliphatic heterocycles. The molecule has 0 aromatic carbocycles. The van der Waals surface area contributed by atoms with Gasteiger partial charge in [0.25, 0.3) is 0 Å². The summed E-state index contributed by atoms with van der Waals surface area (Å²) in [6, 6.07) is 17.9. The number of rotatable bonds is 0. The Morgan fingerprint density at radius 3 is 0.900 bits per heavy atom. The average Bonchev–Trinajstić information content (AvgIpc) is 3.96. The van der Waals surface area contributed by atoms with Gasteiger partial charge in [0.1, 0.15) is 13.1 Å². The van der Waals surface area contributed by atoms with Crippen molar-refractivity contribution < 1.29 is 18.3 Å². The lowest BCUT2D eigenvalue weighted by atomic mass is 10.1. The van der Waals surface area contributed by atoms with Gasteiger partial charge in [0.15, 0.2) is 62.7 Å². The summed E-state index contributed by atoms with van der Waals surface area (Å²) in [5.41, 5.74) is 7.16. The van der Waals surface area contributed by atoms with Crippen LogP contribution >= 0.6 is 0 Å². The molecule has 316 valence electrons. The van der Waals surface area contributed by atoms with E-state index in [4.69, 9.17) is 0 Å². The zero-order valence-corrected chi connectivity index (χ0v) is 36.2. The summed E-state index contributed by atoms with van der Waals surface area (Å²) in [7, 11) is 0. The minimum atomic E-state index is 0.877. The van der Waals surface area contributed by atoms with Crippen LogP contribution in [0.1, 0.15) is 127 Å². The van der Waals surface area contributed by atoms with E-state index in [2.05, 4.69) is 149 Å². The number of hydrogen-bond acceptors (Lipinski definition) is 4. The first kappa shape index (κ1) is 43.0. The van der Waals surface area contributed by atoms with E-state index in [1.807, 2.05) is 9.36 Å². The minimum absolute atomic E-state index is 0.877. The van der Waals surface area contributed by atoms with Crippen molar-refractivity contribution in [1.29, 1.82) is 0 Å². The molecule has 0 saturated carbocycles. The van der Waals surface area contributed by atoms with E-state index in [1.54, 1.807) is 0 Å². The Morgan fingerprint density at radius 1 is 0.317 bits per heavy atom. The van der Waals surface area contributed by atoms with Crippen molar-refractivity contribution in [3.63, 3.8) is 0 Å². The molecule has 6 aromatic heterocycles. The van der Waals surface area contributed by atoms with Gasteiger partial charge in [-0.25, -0.2) is 18.3 Å². The Hall–Kier alpha value is -5.12. The van der Waals surface area contributed by atoms with Crippen molar-refractivity contribution in [2.75, 3.05) is 0 Å². The lowest BCUT2D eigenvalue weighted by Crippen LogP contribution is -2.34. The number of aromatic nitrogens is 10. The van der Waals surface area contributed by atoms with Crippen molar-refractivity contribution in [2.24, 2.45) is 0 Å². The van der Waals surface area contributed by atoms with Crippen LogP contribution < -0.4 is 18.3 Å². The molecule has 0 spiro atoms. The summed E-state index contributed by atoms with van der Waals surface area (Å²) >= 11 is 0. The van der Waals surface area contributed by atoms with Gasteiger partial charge in [-0.05, 0) is 47.9 Å². The smallest absolute Gasteiger partial charge is 0.169 e. The molecule has 16 rings (SSSR count). The first-order valence-corrected chi connectivity index (χ1v) is 23.5. The molecule has 16 heterocycles. The zero-order valence-electron chi connectivity index (χ0n) is 36.2. The molecule has 60 heavy (non-hydrogen) atoms. The van der Waals surface area contributed by atoms with E-state index in [0.29, 0.717) is 0 Å². The van der Waals surface area contributed by atoms with Crippen LogP contribution in [0, 0.1) is 0 Å². The Labute approximate surface area is 359 Å². The number of pyridine rings is 4. The van der Waals surface area contributed by atoms with Gasteiger partial charge in [-0.3, -0.25) is 9.36 Å².